The fourth-order valence-corrected chi connectivity index (χ4v) is 4.80. The van der Waals surface area contributed by atoms with Gasteiger partial charge in [0.15, 0.2) is 0 Å². The highest BCUT2D eigenvalue weighted by atomic mass is 32.1. The van der Waals surface area contributed by atoms with Gasteiger partial charge in [-0.05, 0) is 30.6 Å². The van der Waals surface area contributed by atoms with E-state index in [2.05, 4.69) is 31.6 Å². The summed E-state index contributed by atoms with van der Waals surface area (Å²) < 4.78 is 0. The highest BCUT2D eigenvalue weighted by Gasteiger charge is 2.55. The third-order valence-electron chi connectivity index (χ3n) is 4.87. The molecule has 1 heterocycles. The van der Waals surface area contributed by atoms with Crippen LogP contribution in [-0.4, -0.2) is 11.0 Å². The lowest BCUT2D eigenvalue weighted by Gasteiger charge is -2.17. The van der Waals surface area contributed by atoms with E-state index < -0.39 is 0 Å². The van der Waals surface area contributed by atoms with Gasteiger partial charge in [-0.25, -0.2) is 4.98 Å². The largest absolute Gasteiger partial charge is 0.271 e. The molecule has 3 unspecified atom stereocenters. The average Bonchev–Trinajstić information content (AvgIpc) is 2.76. The topological polar surface area (TPSA) is 50.9 Å². The Morgan fingerprint density at radius 1 is 1.42 bits per heavy atom. The predicted octanol–water partition coefficient (Wildman–Crippen LogP) is 2.86. The quantitative estimate of drug-likeness (QED) is 0.658. The van der Waals surface area contributed by atoms with Gasteiger partial charge in [0.25, 0.3) is 0 Å². The van der Waals surface area contributed by atoms with Crippen LogP contribution in [0.1, 0.15) is 50.7 Å². The molecule has 1 aromatic rings. The molecule has 2 fully saturated rings. The minimum atomic E-state index is 0.149. The number of nitrogens with two attached hydrogens (primary N) is 1. The van der Waals surface area contributed by atoms with E-state index in [1.165, 1.54) is 30.0 Å². The van der Waals surface area contributed by atoms with Crippen molar-refractivity contribution in [3.8, 4) is 0 Å². The highest BCUT2D eigenvalue weighted by molar-refractivity contribution is 7.09. The molecule has 0 radical (unpaired) electrons. The number of thiazole rings is 1. The summed E-state index contributed by atoms with van der Waals surface area (Å²) in [5.41, 5.74) is 4.41. The molecule has 1 aromatic heterocycles. The molecule has 3 nitrogen and oxygen atoms in total. The van der Waals surface area contributed by atoms with Crippen LogP contribution in [0.25, 0.3) is 0 Å². The molecule has 19 heavy (non-hydrogen) atoms. The molecule has 3 atom stereocenters. The van der Waals surface area contributed by atoms with Gasteiger partial charge in [0.1, 0.15) is 0 Å². The Morgan fingerprint density at radius 3 is 2.63 bits per heavy atom. The van der Waals surface area contributed by atoms with Crippen LogP contribution in [0.3, 0.4) is 0 Å². The van der Waals surface area contributed by atoms with Crippen molar-refractivity contribution < 1.29 is 0 Å². The first-order chi connectivity index (χ1) is 9.00. The third kappa shape index (κ3) is 2.58. The normalized spacial score (nSPS) is 31.3. The van der Waals surface area contributed by atoms with Gasteiger partial charge in [-0.2, -0.15) is 0 Å². The van der Waals surface area contributed by atoms with Crippen LogP contribution in [0, 0.1) is 17.8 Å². The second kappa shape index (κ2) is 4.83. The first kappa shape index (κ1) is 13.5. The number of nitrogens with one attached hydrogen (secondary N) is 1. The summed E-state index contributed by atoms with van der Waals surface area (Å²) in [5.74, 6) is 8.49. The van der Waals surface area contributed by atoms with Crippen molar-refractivity contribution in [1.82, 2.24) is 10.4 Å². The molecule has 2 saturated carbocycles. The predicted molar refractivity (Wildman–Crippen MR) is 80.0 cm³/mol. The van der Waals surface area contributed by atoms with Crippen LogP contribution in [0.4, 0.5) is 0 Å². The Balaban J connectivity index is 1.65. The number of nitrogens with zero attached hydrogens (tertiary/aromatic N) is 1. The molecule has 0 aromatic carbocycles. The van der Waals surface area contributed by atoms with Gasteiger partial charge < -0.3 is 0 Å². The minimum Gasteiger partial charge on any atom is -0.271 e. The van der Waals surface area contributed by atoms with Crippen molar-refractivity contribution in [2.75, 3.05) is 0 Å². The maximum Gasteiger partial charge on any atom is 0.0944 e. The Kier molecular flexibility index (Phi) is 3.44. The first-order valence-corrected chi connectivity index (χ1v) is 8.29. The molecular weight excluding hydrogens is 254 g/mol. The highest BCUT2D eigenvalue weighted by Crippen LogP contribution is 2.59. The summed E-state index contributed by atoms with van der Waals surface area (Å²) in [7, 11) is 0. The Hall–Kier alpha value is -0.450. The van der Waals surface area contributed by atoms with Gasteiger partial charge in [-0.3, -0.25) is 11.3 Å². The van der Waals surface area contributed by atoms with Gasteiger partial charge >= 0.3 is 0 Å². The van der Waals surface area contributed by atoms with E-state index in [1.807, 2.05) is 0 Å². The zero-order valence-corrected chi connectivity index (χ0v) is 13.0. The molecule has 0 amide bonds. The zero-order valence-electron chi connectivity index (χ0n) is 12.1. The zero-order chi connectivity index (χ0) is 13.6. The Bertz CT molecular complexity index is 438. The van der Waals surface area contributed by atoms with Crippen LogP contribution in [0.15, 0.2) is 5.38 Å². The molecule has 2 aliphatic rings. The van der Waals surface area contributed by atoms with Crippen LogP contribution >= 0.6 is 11.3 Å². The van der Waals surface area contributed by atoms with Crippen molar-refractivity contribution in [2.24, 2.45) is 23.6 Å². The molecule has 3 rings (SSSR count). The Morgan fingerprint density at radius 2 is 2.11 bits per heavy atom. The SMILES string of the molecule is CC(C)(C)c1csc(CC(NN)C2C3CCCC32)n1. The first-order valence-electron chi connectivity index (χ1n) is 7.41. The Labute approximate surface area is 120 Å². The number of aromatic nitrogens is 1. The number of hydrazine groups is 1. The maximum atomic E-state index is 5.78. The summed E-state index contributed by atoms with van der Waals surface area (Å²) >= 11 is 1.79. The van der Waals surface area contributed by atoms with Crippen molar-refractivity contribution in [3.05, 3.63) is 16.1 Å². The van der Waals surface area contributed by atoms with E-state index in [4.69, 9.17) is 10.8 Å². The lowest BCUT2D eigenvalue weighted by molar-refractivity contribution is 0.409. The fraction of sp³-hybridized carbons (Fsp3) is 0.800. The maximum absolute atomic E-state index is 5.78. The second-order valence-corrected chi connectivity index (χ2v) is 8.13. The van der Waals surface area contributed by atoms with Crippen LogP contribution < -0.4 is 11.3 Å². The van der Waals surface area contributed by atoms with Crippen molar-refractivity contribution in [2.45, 2.75) is 57.9 Å². The third-order valence-corrected chi connectivity index (χ3v) is 5.74. The average molecular weight is 279 g/mol. The van der Waals surface area contributed by atoms with Gasteiger partial charge in [-0.1, -0.05) is 27.2 Å². The van der Waals surface area contributed by atoms with Gasteiger partial charge in [0, 0.05) is 23.3 Å². The van der Waals surface area contributed by atoms with E-state index in [1.54, 1.807) is 11.3 Å². The summed E-state index contributed by atoms with van der Waals surface area (Å²) in [4.78, 5) is 4.80. The molecular formula is C15H25N3S. The van der Waals surface area contributed by atoms with Crippen LogP contribution in [-0.2, 0) is 11.8 Å². The molecule has 3 N–H and O–H groups in total. The van der Waals surface area contributed by atoms with Crippen LogP contribution in [0.2, 0.25) is 0 Å². The number of rotatable bonds is 4. The smallest absolute Gasteiger partial charge is 0.0944 e. The van der Waals surface area contributed by atoms with E-state index >= 15 is 0 Å². The number of fused-ring (bicyclic) bond motifs is 1. The van der Waals surface area contributed by atoms with Crippen molar-refractivity contribution in [3.63, 3.8) is 0 Å². The molecule has 0 spiro atoms. The lowest BCUT2D eigenvalue weighted by Crippen LogP contribution is -2.39. The molecule has 0 bridgehead atoms. The standard InChI is InChI=1S/C15H25N3S/c1-15(2,3)12-8-19-13(17-12)7-11(18-16)14-9-5-4-6-10(9)14/h8-11,14,18H,4-7,16H2,1-3H3. The van der Waals surface area contributed by atoms with Crippen molar-refractivity contribution in [1.29, 1.82) is 0 Å². The van der Waals surface area contributed by atoms with E-state index in [0.717, 1.165) is 24.2 Å². The summed E-state index contributed by atoms with van der Waals surface area (Å²) in [6.45, 7) is 6.65. The summed E-state index contributed by atoms with van der Waals surface area (Å²) in [6, 6.07) is 0.425. The van der Waals surface area contributed by atoms with E-state index in [9.17, 15) is 0 Å². The molecule has 106 valence electrons. The second-order valence-electron chi connectivity index (χ2n) is 7.19. The van der Waals surface area contributed by atoms with E-state index in [0.29, 0.717) is 6.04 Å². The summed E-state index contributed by atoms with van der Waals surface area (Å²) in [5, 5.41) is 3.44. The van der Waals surface area contributed by atoms with Gasteiger partial charge in [-0.15, -0.1) is 11.3 Å². The molecule has 4 heteroatoms. The fourth-order valence-electron chi connectivity index (χ4n) is 3.72. The van der Waals surface area contributed by atoms with E-state index in [-0.39, 0.29) is 5.41 Å². The minimum absolute atomic E-state index is 0.149. The number of hydrogen-bond acceptors (Lipinski definition) is 4. The molecule has 0 saturated heterocycles. The van der Waals surface area contributed by atoms with Gasteiger partial charge in [0.2, 0.25) is 0 Å². The van der Waals surface area contributed by atoms with Crippen molar-refractivity contribution >= 4 is 11.3 Å². The lowest BCUT2D eigenvalue weighted by atomic mass is 9.93. The summed E-state index contributed by atoms with van der Waals surface area (Å²) in [6.07, 6.45) is 5.25. The monoisotopic (exact) mass is 279 g/mol. The number of hydrogen-bond donors (Lipinski definition) is 2. The molecule has 0 aliphatic heterocycles. The van der Waals surface area contributed by atoms with Crippen LogP contribution in [0.5, 0.6) is 0 Å². The van der Waals surface area contributed by atoms with Gasteiger partial charge in [0.05, 0.1) is 10.7 Å². The molecule has 2 aliphatic carbocycles.